The lowest BCUT2D eigenvalue weighted by molar-refractivity contribution is 0.256. The zero-order valence-corrected chi connectivity index (χ0v) is 9.05. The molecule has 72 valence electrons. The van der Waals surface area contributed by atoms with Crippen LogP contribution in [0.25, 0.3) is 0 Å². The summed E-state index contributed by atoms with van der Waals surface area (Å²) in [6, 6.07) is 7.78. The fourth-order valence-corrected chi connectivity index (χ4v) is 1.05. The van der Waals surface area contributed by atoms with Gasteiger partial charge in [-0.3, -0.25) is 0 Å². The third-order valence-electron chi connectivity index (χ3n) is 2.07. The summed E-state index contributed by atoms with van der Waals surface area (Å²) >= 11 is 4.20. The molecule has 1 atom stereocenters. The Morgan fingerprint density at radius 1 is 1.31 bits per heavy atom. The molecule has 0 radical (unpaired) electrons. The van der Waals surface area contributed by atoms with Crippen LogP contribution in [-0.4, -0.2) is 6.61 Å². The summed E-state index contributed by atoms with van der Waals surface area (Å²) in [7, 11) is 0. The maximum Gasteiger partial charge on any atom is 0.119 e. The lowest BCUT2D eigenvalue weighted by Crippen LogP contribution is -2.06. The van der Waals surface area contributed by atoms with Gasteiger partial charge in [-0.25, -0.2) is 0 Å². The van der Waals surface area contributed by atoms with Crippen LogP contribution in [0.4, 0.5) is 0 Å². The molecule has 0 aliphatic heterocycles. The van der Waals surface area contributed by atoms with Crippen LogP contribution < -0.4 is 4.74 Å². The lowest BCUT2D eigenvalue weighted by atomic mass is 10.1. The highest BCUT2D eigenvalue weighted by atomic mass is 32.1. The summed E-state index contributed by atoms with van der Waals surface area (Å²) in [5.74, 6) is 1.55. The minimum Gasteiger partial charge on any atom is -0.493 e. The number of rotatable bonds is 4. The average Bonchev–Trinajstić information content (AvgIpc) is 2.16. The van der Waals surface area contributed by atoms with Gasteiger partial charge in [-0.2, -0.15) is 0 Å². The molecule has 1 nitrogen and oxygen atoms in total. The van der Waals surface area contributed by atoms with E-state index >= 15 is 0 Å². The second-order valence-corrected chi connectivity index (χ2v) is 3.83. The number of benzene rings is 1. The fourth-order valence-electron chi connectivity index (χ4n) is 0.899. The molecule has 2 heteroatoms. The first-order valence-electron chi connectivity index (χ1n) is 4.64. The second kappa shape index (κ2) is 5.18. The summed E-state index contributed by atoms with van der Waals surface area (Å²) in [4.78, 5) is 0.968. The second-order valence-electron chi connectivity index (χ2n) is 3.32. The van der Waals surface area contributed by atoms with Crippen LogP contribution in [0.5, 0.6) is 5.75 Å². The molecule has 0 bridgehead atoms. The third-order valence-corrected chi connectivity index (χ3v) is 2.37. The standard InChI is InChI=1S/C11H16OS/c1-3-9(2)8-12-10-4-6-11(13)7-5-10/h4-7,9,13H,3,8H2,1-2H3. The van der Waals surface area contributed by atoms with E-state index in [2.05, 4.69) is 26.5 Å². The van der Waals surface area contributed by atoms with Gasteiger partial charge in [-0.15, -0.1) is 12.6 Å². The molecule has 0 saturated carbocycles. The topological polar surface area (TPSA) is 9.23 Å². The van der Waals surface area contributed by atoms with Gasteiger partial charge in [0, 0.05) is 4.90 Å². The first-order valence-corrected chi connectivity index (χ1v) is 5.09. The normalized spacial score (nSPS) is 12.5. The molecule has 1 aromatic carbocycles. The van der Waals surface area contributed by atoms with E-state index in [-0.39, 0.29) is 0 Å². The van der Waals surface area contributed by atoms with Crippen molar-refractivity contribution in [3.8, 4) is 5.75 Å². The molecule has 0 aliphatic carbocycles. The van der Waals surface area contributed by atoms with Crippen LogP contribution >= 0.6 is 12.6 Å². The summed E-state index contributed by atoms with van der Waals surface area (Å²) in [6.07, 6.45) is 1.16. The van der Waals surface area contributed by atoms with Gasteiger partial charge in [0.1, 0.15) is 5.75 Å². The Labute approximate surface area is 85.5 Å². The Hall–Kier alpha value is -0.630. The number of thiol groups is 1. The number of hydrogen-bond donors (Lipinski definition) is 1. The number of hydrogen-bond acceptors (Lipinski definition) is 2. The highest BCUT2D eigenvalue weighted by Gasteiger charge is 1.99. The quantitative estimate of drug-likeness (QED) is 0.726. The highest BCUT2D eigenvalue weighted by molar-refractivity contribution is 7.80. The predicted molar refractivity (Wildman–Crippen MR) is 58.6 cm³/mol. The van der Waals surface area contributed by atoms with E-state index in [4.69, 9.17) is 4.74 Å². The maximum absolute atomic E-state index is 5.58. The smallest absolute Gasteiger partial charge is 0.119 e. The van der Waals surface area contributed by atoms with Gasteiger partial charge in [0.25, 0.3) is 0 Å². The van der Waals surface area contributed by atoms with E-state index in [0.29, 0.717) is 5.92 Å². The molecular formula is C11H16OS. The molecule has 0 amide bonds. The van der Waals surface area contributed by atoms with E-state index in [1.54, 1.807) is 0 Å². The zero-order valence-electron chi connectivity index (χ0n) is 8.16. The van der Waals surface area contributed by atoms with Crippen LogP contribution in [0.2, 0.25) is 0 Å². The van der Waals surface area contributed by atoms with Crippen LogP contribution in [-0.2, 0) is 0 Å². The van der Waals surface area contributed by atoms with Gasteiger partial charge in [-0.05, 0) is 30.2 Å². The van der Waals surface area contributed by atoms with Gasteiger partial charge in [0.2, 0.25) is 0 Å². The van der Waals surface area contributed by atoms with Gasteiger partial charge in [-0.1, -0.05) is 20.3 Å². The van der Waals surface area contributed by atoms with Crippen LogP contribution in [0, 0.1) is 5.92 Å². The van der Waals surface area contributed by atoms with E-state index in [1.807, 2.05) is 24.3 Å². The average molecular weight is 196 g/mol. The Morgan fingerprint density at radius 3 is 2.46 bits per heavy atom. The van der Waals surface area contributed by atoms with Crippen molar-refractivity contribution in [2.75, 3.05) is 6.61 Å². The lowest BCUT2D eigenvalue weighted by Gasteiger charge is -2.10. The summed E-state index contributed by atoms with van der Waals surface area (Å²) in [6.45, 7) is 5.15. The molecule has 0 saturated heterocycles. The fraction of sp³-hybridized carbons (Fsp3) is 0.455. The molecule has 0 N–H and O–H groups in total. The molecule has 0 fully saturated rings. The Balaban J connectivity index is 2.41. The Bertz CT molecular complexity index is 243. The van der Waals surface area contributed by atoms with Crippen molar-refractivity contribution in [2.24, 2.45) is 5.92 Å². The molecule has 0 spiro atoms. The molecule has 1 rings (SSSR count). The molecule has 1 unspecified atom stereocenters. The maximum atomic E-state index is 5.58. The van der Waals surface area contributed by atoms with Crippen LogP contribution in [0.1, 0.15) is 20.3 Å². The van der Waals surface area contributed by atoms with E-state index < -0.39 is 0 Å². The van der Waals surface area contributed by atoms with E-state index in [1.165, 1.54) is 0 Å². The summed E-state index contributed by atoms with van der Waals surface area (Å²) < 4.78 is 5.58. The zero-order chi connectivity index (χ0) is 9.68. The minimum atomic E-state index is 0.621. The third kappa shape index (κ3) is 3.73. The highest BCUT2D eigenvalue weighted by Crippen LogP contribution is 2.15. The van der Waals surface area contributed by atoms with Gasteiger partial charge in [0.05, 0.1) is 6.61 Å². The molecular weight excluding hydrogens is 180 g/mol. The molecule has 1 aromatic rings. The first kappa shape index (κ1) is 10.5. The van der Waals surface area contributed by atoms with Crippen molar-refractivity contribution < 1.29 is 4.74 Å². The van der Waals surface area contributed by atoms with Crippen molar-refractivity contribution in [3.05, 3.63) is 24.3 Å². The van der Waals surface area contributed by atoms with Gasteiger partial charge >= 0.3 is 0 Å². The first-order chi connectivity index (χ1) is 6.22. The van der Waals surface area contributed by atoms with Crippen LogP contribution in [0.15, 0.2) is 29.2 Å². The summed E-state index contributed by atoms with van der Waals surface area (Å²) in [5.41, 5.74) is 0. The predicted octanol–water partition coefficient (Wildman–Crippen LogP) is 3.40. The number of ether oxygens (including phenoxy) is 1. The van der Waals surface area contributed by atoms with Crippen molar-refractivity contribution in [3.63, 3.8) is 0 Å². The largest absolute Gasteiger partial charge is 0.493 e. The molecule has 13 heavy (non-hydrogen) atoms. The van der Waals surface area contributed by atoms with Gasteiger partial charge in [0.15, 0.2) is 0 Å². The van der Waals surface area contributed by atoms with Gasteiger partial charge < -0.3 is 4.74 Å². The van der Waals surface area contributed by atoms with Crippen molar-refractivity contribution in [1.82, 2.24) is 0 Å². The molecule has 0 aliphatic rings. The van der Waals surface area contributed by atoms with E-state index in [9.17, 15) is 0 Å². The SMILES string of the molecule is CCC(C)COc1ccc(S)cc1. The van der Waals surface area contributed by atoms with E-state index in [0.717, 1.165) is 23.7 Å². The van der Waals surface area contributed by atoms with Crippen molar-refractivity contribution >= 4 is 12.6 Å². The van der Waals surface area contributed by atoms with Crippen LogP contribution in [0.3, 0.4) is 0 Å². The Kier molecular flexibility index (Phi) is 4.16. The summed E-state index contributed by atoms with van der Waals surface area (Å²) in [5, 5.41) is 0. The van der Waals surface area contributed by atoms with Crippen molar-refractivity contribution in [2.45, 2.75) is 25.2 Å². The minimum absolute atomic E-state index is 0.621. The Morgan fingerprint density at radius 2 is 1.92 bits per heavy atom. The van der Waals surface area contributed by atoms with Crippen molar-refractivity contribution in [1.29, 1.82) is 0 Å². The monoisotopic (exact) mass is 196 g/mol. The molecule has 0 heterocycles. The molecule has 0 aromatic heterocycles.